The van der Waals surface area contributed by atoms with E-state index in [1.165, 1.54) is 12.5 Å². The van der Waals surface area contributed by atoms with Crippen LogP contribution < -0.4 is 15.8 Å². The summed E-state index contributed by atoms with van der Waals surface area (Å²) in [7, 11) is -2.43. The van der Waals surface area contributed by atoms with Crippen LogP contribution >= 0.6 is 0 Å². The zero-order valence-electron chi connectivity index (χ0n) is 16.0. The van der Waals surface area contributed by atoms with Crippen molar-refractivity contribution in [3.63, 3.8) is 0 Å². The van der Waals surface area contributed by atoms with E-state index in [4.69, 9.17) is 5.73 Å². The molecule has 10 heteroatoms. The first-order valence-corrected chi connectivity index (χ1v) is 11.0. The fraction of sp³-hybridized carbons (Fsp3) is 0.0500. The smallest absolute Gasteiger partial charge is 0.276 e. The van der Waals surface area contributed by atoms with E-state index in [1.54, 1.807) is 24.5 Å². The van der Waals surface area contributed by atoms with Crippen LogP contribution in [0.4, 0.5) is 17.2 Å². The predicted molar refractivity (Wildman–Crippen MR) is 121 cm³/mol. The lowest BCUT2D eigenvalue weighted by atomic mass is 10.0. The Morgan fingerprint density at radius 2 is 1.97 bits per heavy atom. The number of fused-ring (bicyclic) bond motifs is 1. The summed E-state index contributed by atoms with van der Waals surface area (Å²) in [5.74, 6) is 3.54. The third kappa shape index (κ3) is 4.23. The van der Waals surface area contributed by atoms with Gasteiger partial charge in [0.25, 0.3) is 5.91 Å². The maximum atomic E-state index is 12.8. The van der Waals surface area contributed by atoms with Crippen LogP contribution in [-0.4, -0.2) is 42.4 Å². The summed E-state index contributed by atoms with van der Waals surface area (Å²) in [5.41, 5.74) is 9.54. The van der Waals surface area contributed by atoms with Gasteiger partial charge in [-0.3, -0.25) is 19.6 Å². The largest absolute Gasteiger partial charge is 0.397 e. The van der Waals surface area contributed by atoms with Gasteiger partial charge < -0.3 is 11.1 Å². The summed E-state index contributed by atoms with van der Waals surface area (Å²) in [6.07, 6.45) is 6.22. The molecule has 1 unspecified atom stereocenters. The highest BCUT2D eigenvalue weighted by Gasteiger charge is 2.15. The molecule has 0 aliphatic carbocycles. The molecule has 3 heterocycles. The quantitative estimate of drug-likeness (QED) is 0.365. The van der Waals surface area contributed by atoms with E-state index in [9.17, 15) is 9.00 Å². The maximum absolute atomic E-state index is 12.8. The van der Waals surface area contributed by atoms with E-state index < -0.39 is 9.71 Å². The molecule has 4 rings (SSSR count). The highest BCUT2D eigenvalue weighted by atomic mass is 32.2. The topological polar surface area (TPSA) is 139 Å². The van der Waals surface area contributed by atoms with Gasteiger partial charge in [0.1, 0.15) is 5.82 Å². The van der Waals surface area contributed by atoms with Crippen molar-refractivity contribution in [2.75, 3.05) is 22.0 Å². The molecule has 0 radical (unpaired) electrons. The molecule has 30 heavy (non-hydrogen) atoms. The lowest BCUT2D eigenvalue weighted by molar-refractivity contribution is 0.102. The van der Waals surface area contributed by atoms with Crippen LogP contribution in [0.25, 0.3) is 22.0 Å². The number of hydrogen-bond acceptors (Lipinski definition) is 6. The van der Waals surface area contributed by atoms with Crippen LogP contribution in [0.15, 0.2) is 55.0 Å². The number of benzene rings is 1. The van der Waals surface area contributed by atoms with Crippen molar-refractivity contribution >= 4 is 49.6 Å². The molecular formula is C20H19N7O2S. The minimum absolute atomic E-state index is 0.250. The number of nitrogen functional groups attached to an aromatic ring is 1. The van der Waals surface area contributed by atoms with Gasteiger partial charge in [-0.25, -0.2) is 9.19 Å². The number of aromatic amines is 1. The van der Waals surface area contributed by atoms with Gasteiger partial charge >= 0.3 is 0 Å². The molecule has 152 valence electrons. The third-order valence-corrected chi connectivity index (χ3v) is 4.85. The monoisotopic (exact) mass is 421 g/mol. The van der Waals surface area contributed by atoms with E-state index in [0.29, 0.717) is 22.6 Å². The average Bonchev–Trinajstić information content (AvgIpc) is 3.12. The summed E-state index contributed by atoms with van der Waals surface area (Å²) < 4.78 is 14.4. The molecule has 0 spiro atoms. The summed E-state index contributed by atoms with van der Waals surface area (Å²) in [6, 6.07) is 10.7. The van der Waals surface area contributed by atoms with Crippen molar-refractivity contribution in [2.24, 2.45) is 0 Å². The molecule has 0 saturated heterocycles. The minimum atomic E-state index is -2.43. The van der Waals surface area contributed by atoms with Gasteiger partial charge in [-0.05, 0) is 41.8 Å². The molecule has 1 aromatic carbocycles. The number of amides is 1. The first kappa shape index (κ1) is 19.4. The molecule has 0 fully saturated rings. The second-order valence-corrected chi connectivity index (χ2v) is 9.05. The van der Waals surface area contributed by atoms with Crippen molar-refractivity contribution in [3.05, 3.63) is 60.7 Å². The normalized spacial score (nSPS) is 13.0. The van der Waals surface area contributed by atoms with E-state index in [0.717, 1.165) is 16.6 Å². The number of nitrogens with one attached hydrogen (secondary N) is 3. The molecule has 5 N–H and O–H groups in total. The number of nitrogens with zero attached hydrogens (tertiary/aromatic N) is 3. The molecule has 1 atom stereocenters. The van der Waals surface area contributed by atoms with Gasteiger partial charge in [-0.15, -0.1) is 0 Å². The van der Waals surface area contributed by atoms with E-state index in [2.05, 4.69) is 36.1 Å². The van der Waals surface area contributed by atoms with E-state index in [-0.39, 0.29) is 11.6 Å². The molecule has 3 aromatic heterocycles. The SMILES string of the molecule is C=S(C)(=O)Nc1ccc(NC(=O)c2n[nH]c3ccc(-c4cncc(N)c4)cc23)cn1. The van der Waals surface area contributed by atoms with Crippen LogP contribution in [0.5, 0.6) is 0 Å². The highest BCUT2D eigenvalue weighted by Crippen LogP contribution is 2.26. The lowest BCUT2D eigenvalue weighted by Crippen LogP contribution is -2.14. The molecule has 1 amide bonds. The number of carbonyl (C=O) groups is 1. The molecule has 0 aliphatic rings. The zero-order valence-corrected chi connectivity index (χ0v) is 16.9. The molecule has 0 saturated carbocycles. The zero-order chi connectivity index (χ0) is 21.3. The first-order valence-electron chi connectivity index (χ1n) is 8.85. The standard InChI is InChI=1S/C20H19N7O2S/c1-30(2,29)27-18-6-4-15(11-23-18)24-20(28)19-16-8-12(3-5-17(16)25-26-19)13-7-14(21)10-22-9-13/h3-11H,1,21H2,2H3,(H,24,28)(H,25,26)(H,23,27,29). The first-order chi connectivity index (χ1) is 14.3. The number of carbonyl (C=O) groups excluding carboxylic acids is 1. The van der Waals surface area contributed by atoms with Gasteiger partial charge in [0.15, 0.2) is 5.69 Å². The van der Waals surface area contributed by atoms with Crippen molar-refractivity contribution in [1.29, 1.82) is 0 Å². The third-order valence-electron chi connectivity index (χ3n) is 4.21. The predicted octanol–water partition coefficient (Wildman–Crippen LogP) is 2.53. The number of aromatic nitrogens is 4. The molecule has 9 nitrogen and oxygen atoms in total. The Balaban J connectivity index is 1.59. The molecule has 4 aromatic rings. The number of nitrogens with two attached hydrogens (primary N) is 1. The molecule has 0 aliphatic heterocycles. The van der Waals surface area contributed by atoms with Crippen LogP contribution in [0, 0.1) is 0 Å². The number of rotatable bonds is 5. The fourth-order valence-electron chi connectivity index (χ4n) is 2.92. The van der Waals surface area contributed by atoms with Gasteiger partial charge in [-0.2, -0.15) is 5.10 Å². The summed E-state index contributed by atoms with van der Waals surface area (Å²) in [4.78, 5) is 21.0. The fourth-order valence-corrected chi connectivity index (χ4v) is 3.49. The summed E-state index contributed by atoms with van der Waals surface area (Å²) >= 11 is 0. The van der Waals surface area contributed by atoms with Gasteiger partial charge in [0.05, 0.1) is 23.1 Å². The van der Waals surface area contributed by atoms with Gasteiger partial charge in [-0.1, -0.05) is 6.07 Å². The summed E-state index contributed by atoms with van der Waals surface area (Å²) in [5, 5.41) is 10.4. The second-order valence-electron chi connectivity index (χ2n) is 6.83. The van der Waals surface area contributed by atoms with Crippen LogP contribution in [0.1, 0.15) is 10.5 Å². The molecule has 0 bridgehead atoms. The minimum Gasteiger partial charge on any atom is -0.397 e. The van der Waals surface area contributed by atoms with Crippen LogP contribution in [0.2, 0.25) is 0 Å². The second kappa shape index (κ2) is 7.48. The van der Waals surface area contributed by atoms with E-state index in [1.807, 2.05) is 24.3 Å². The van der Waals surface area contributed by atoms with Crippen LogP contribution in [-0.2, 0) is 9.71 Å². The summed E-state index contributed by atoms with van der Waals surface area (Å²) in [6.45, 7) is 0. The maximum Gasteiger partial charge on any atom is 0.276 e. The Kier molecular flexibility index (Phi) is 4.84. The Morgan fingerprint density at radius 1 is 1.13 bits per heavy atom. The van der Waals surface area contributed by atoms with Crippen LogP contribution in [0.3, 0.4) is 0 Å². The van der Waals surface area contributed by atoms with Crippen molar-refractivity contribution < 1.29 is 9.00 Å². The Hall–Kier alpha value is -3.92. The van der Waals surface area contributed by atoms with Crippen molar-refractivity contribution in [1.82, 2.24) is 20.2 Å². The molecular weight excluding hydrogens is 402 g/mol. The van der Waals surface area contributed by atoms with Crippen molar-refractivity contribution in [2.45, 2.75) is 0 Å². The number of anilines is 3. The van der Waals surface area contributed by atoms with Gasteiger partial charge in [0.2, 0.25) is 0 Å². The number of hydrogen-bond donors (Lipinski definition) is 4. The van der Waals surface area contributed by atoms with E-state index >= 15 is 0 Å². The average molecular weight is 421 g/mol. The Morgan fingerprint density at radius 3 is 2.67 bits per heavy atom. The Labute approximate surface area is 172 Å². The highest BCUT2D eigenvalue weighted by molar-refractivity contribution is 8.00. The van der Waals surface area contributed by atoms with Crippen molar-refractivity contribution in [3.8, 4) is 11.1 Å². The number of pyridine rings is 2. The number of H-pyrrole nitrogens is 1. The lowest BCUT2D eigenvalue weighted by Gasteiger charge is -2.08. The Bertz CT molecular complexity index is 1350. The van der Waals surface area contributed by atoms with Gasteiger partial charge in [0, 0.05) is 39.3 Å².